The lowest BCUT2D eigenvalue weighted by Gasteiger charge is -2.31. The highest BCUT2D eigenvalue weighted by Gasteiger charge is 2.35. The summed E-state index contributed by atoms with van der Waals surface area (Å²) in [7, 11) is 0. The molecule has 0 unspecified atom stereocenters. The van der Waals surface area contributed by atoms with E-state index in [1.54, 1.807) is 0 Å². The fourth-order valence-electron chi connectivity index (χ4n) is 3.13. The molecule has 0 saturated carbocycles. The van der Waals surface area contributed by atoms with Gasteiger partial charge in [-0.15, -0.1) is 0 Å². The fourth-order valence-corrected chi connectivity index (χ4v) is 3.26. The van der Waals surface area contributed by atoms with Gasteiger partial charge in [-0.3, -0.25) is 4.79 Å². The van der Waals surface area contributed by atoms with Crippen molar-refractivity contribution in [3.63, 3.8) is 0 Å². The minimum Gasteiger partial charge on any atom is -0.511 e. The summed E-state index contributed by atoms with van der Waals surface area (Å²) >= 11 is 5.96. The van der Waals surface area contributed by atoms with Gasteiger partial charge in [-0.2, -0.15) is 0 Å². The molecule has 2 nitrogen and oxygen atoms in total. The van der Waals surface area contributed by atoms with Crippen molar-refractivity contribution in [2.45, 2.75) is 33.6 Å². The second kappa shape index (κ2) is 6.10. The Kier molecular flexibility index (Phi) is 4.27. The first-order valence-electron chi connectivity index (χ1n) is 8.13. The summed E-state index contributed by atoms with van der Waals surface area (Å²) in [4.78, 5) is 12.5. The first-order chi connectivity index (χ1) is 11.3. The van der Waals surface area contributed by atoms with E-state index in [0.29, 0.717) is 23.4 Å². The average Bonchev–Trinajstić information content (AvgIpc) is 2.54. The van der Waals surface area contributed by atoms with Gasteiger partial charge in [0.05, 0.1) is 5.57 Å². The lowest BCUT2D eigenvalue weighted by molar-refractivity contribution is -0.115. The number of benzene rings is 2. The maximum atomic E-state index is 12.5. The van der Waals surface area contributed by atoms with Crippen molar-refractivity contribution in [2.24, 2.45) is 5.41 Å². The van der Waals surface area contributed by atoms with E-state index >= 15 is 0 Å². The summed E-state index contributed by atoms with van der Waals surface area (Å²) in [5.41, 5.74) is 3.94. The summed E-state index contributed by atoms with van der Waals surface area (Å²) in [6.07, 6.45) is 1.15. The number of aliphatic hydroxyl groups is 1. The number of rotatable bonds is 2. The van der Waals surface area contributed by atoms with Crippen LogP contribution in [0.4, 0.5) is 0 Å². The highest BCUT2D eigenvalue weighted by atomic mass is 35.5. The van der Waals surface area contributed by atoms with Gasteiger partial charge in [0.2, 0.25) is 0 Å². The predicted molar refractivity (Wildman–Crippen MR) is 99.2 cm³/mol. The molecule has 1 aliphatic rings. The second-order valence-corrected chi connectivity index (χ2v) is 7.50. The number of carbonyl (C=O) groups is 1. The third-order valence-electron chi connectivity index (χ3n) is 4.82. The third kappa shape index (κ3) is 2.99. The molecule has 0 fully saturated rings. The van der Waals surface area contributed by atoms with Crippen LogP contribution < -0.4 is 0 Å². The summed E-state index contributed by atoms with van der Waals surface area (Å²) < 4.78 is 0. The van der Waals surface area contributed by atoms with Crippen LogP contribution in [0, 0.1) is 12.3 Å². The molecule has 0 atom stereocenters. The largest absolute Gasteiger partial charge is 0.511 e. The summed E-state index contributed by atoms with van der Waals surface area (Å²) in [5, 5.41) is 11.4. The zero-order valence-electron chi connectivity index (χ0n) is 14.2. The first-order valence-corrected chi connectivity index (χ1v) is 8.51. The number of Topliss-reactive ketones (excluding diaryl/α,β-unsaturated/α-hetero) is 1. The molecule has 0 spiro atoms. The van der Waals surface area contributed by atoms with Gasteiger partial charge in [0.25, 0.3) is 0 Å². The molecule has 0 aliphatic heterocycles. The zero-order chi connectivity index (χ0) is 17.5. The molecule has 0 amide bonds. The number of carbonyl (C=O) groups excluding carboxylic acids is 1. The molecule has 124 valence electrons. The van der Waals surface area contributed by atoms with Crippen LogP contribution in [0.15, 0.2) is 48.2 Å². The quantitative estimate of drug-likeness (QED) is 0.730. The Morgan fingerprint density at radius 3 is 2.33 bits per heavy atom. The van der Waals surface area contributed by atoms with Crippen molar-refractivity contribution >= 4 is 23.0 Å². The number of aliphatic hydroxyl groups excluding tert-OH is 1. The molecule has 1 aliphatic carbocycles. The van der Waals surface area contributed by atoms with Gasteiger partial charge in [0.1, 0.15) is 5.76 Å². The summed E-state index contributed by atoms with van der Waals surface area (Å²) in [6, 6.07) is 13.6. The van der Waals surface area contributed by atoms with Crippen molar-refractivity contribution in [2.75, 3.05) is 0 Å². The van der Waals surface area contributed by atoms with Crippen molar-refractivity contribution in [1.29, 1.82) is 0 Å². The molecule has 3 heteroatoms. The van der Waals surface area contributed by atoms with Gasteiger partial charge in [-0.05, 0) is 53.8 Å². The van der Waals surface area contributed by atoms with Crippen LogP contribution in [0.3, 0.4) is 0 Å². The van der Waals surface area contributed by atoms with Crippen LogP contribution in [0.2, 0.25) is 5.02 Å². The van der Waals surface area contributed by atoms with Gasteiger partial charge in [0, 0.05) is 16.9 Å². The van der Waals surface area contributed by atoms with E-state index in [1.165, 1.54) is 0 Å². The number of hydrogen-bond acceptors (Lipinski definition) is 2. The number of halogens is 1. The van der Waals surface area contributed by atoms with E-state index in [9.17, 15) is 9.90 Å². The zero-order valence-corrected chi connectivity index (χ0v) is 14.9. The molecule has 1 N–H and O–H groups in total. The van der Waals surface area contributed by atoms with Crippen molar-refractivity contribution < 1.29 is 9.90 Å². The smallest absolute Gasteiger partial charge is 0.166 e. The van der Waals surface area contributed by atoms with Gasteiger partial charge in [-0.25, -0.2) is 0 Å². The highest BCUT2D eigenvalue weighted by Crippen LogP contribution is 2.42. The van der Waals surface area contributed by atoms with Crippen LogP contribution in [-0.2, 0) is 4.79 Å². The molecule has 0 saturated heterocycles. The molecule has 0 bridgehead atoms. The Hall–Kier alpha value is -2.06. The van der Waals surface area contributed by atoms with E-state index in [-0.39, 0.29) is 17.0 Å². The van der Waals surface area contributed by atoms with Crippen LogP contribution >= 0.6 is 11.6 Å². The molecule has 2 aromatic rings. The minimum atomic E-state index is -0.369. The SMILES string of the molecule is Cc1ccc(-c2ccc(Cl)cc2)cc1C1=C(O)C(C)(C)CCC1=O. The first kappa shape index (κ1) is 16.8. The summed E-state index contributed by atoms with van der Waals surface area (Å²) in [6.45, 7) is 5.93. The molecule has 0 aromatic heterocycles. The topological polar surface area (TPSA) is 37.3 Å². The van der Waals surface area contributed by atoms with E-state index < -0.39 is 0 Å². The standard InChI is InChI=1S/C21H21ClO2/c1-13-4-5-15(14-6-8-16(22)9-7-14)12-17(13)19-18(23)10-11-21(2,3)20(19)24/h4-9,12,24H,10-11H2,1-3H3. The number of allylic oxidation sites excluding steroid dienone is 2. The minimum absolute atomic E-state index is 0.0168. The van der Waals surface area contributed by atoms with Crippen LogP contribution in [0.25, 0.3) is 16.7 Å². The Morgan fingerprint density at radius 1 is 1.04 bits per heavy atom. The van der Waals surface area contributed by atoms with Crippen molar-refractivity contribution in [3.05, 3.63) is 64.4 Å². The van der Waals surface area contributed by atoms with Gasteiger partial charge in [-0.1, -0.05) is 49.7 Å². The van der Waals surface area contributed by atoms with E-state index in [2.05, 4.69) is 0 Å². The third-order valence-corrected chi connectivity index (χ3v) is 5.07. The number of hydrogen-bond donors (Lipinski definition) is 1. The predicted octanol–water partition coefficient (Wildman–Crippen LogP) is 5.97. The number of aryl methyl sites for hydroxylation is 1. The normalized spacial score (nSPS) is 17.2. The molecular formula is C21H21ClO2. The molecule has 3 rings (SSSR count). The van der Waals surface area contributed by atoms with E-state index in [0.717, 1.165) is 22.3 Å². The Labute approximate surface area is 147 Å². The Bertz CT molecular complexity index is 829. The van der Waals surface area contributed by atoms with Crippen LogP contribution in [0.1, 0.15) is 37.8 Å². The van der Waals surface area contributed by atoms with Gasteiger partial charge in [0.15, 0.2) is 5.78 Å². The molecule has 0 radical (unpaired) electrons. The van der Waals surface area contributed by atoms with Gasteiger partial charge < -0.3 is 5.11 Å². The van der Waals surface area contributed by atoms with Gasteiger partial charge >= 0.3 is 0 Å². The highest BCUT2D eigenvalue weighted by molar-refractivity contribution is 6.30. The van der Waals surface area contributed by atoms with Crippen LogP contribution in [0.5, 0.6) is 0 Å². The van der Waals surface area contributed by atoms with E-state index in [4.69, 9.17) is 11.6 Å². The maximum absolute atomic E-state index is 12.5. The Balaban J connectivity index is 2.16. The maximum Gasteiger partial charge on any atom is 0.166 e. The lowest BCUT2D eigenvalue weighted by Crippen LogP contribution is -2.25. The fraction of sp³-hybridized carbons (Fsp3) is 0.286. The molecule has 2 aromatic carbocycles. The monoisotopic (exact) mass is 340 g/mol. The second-order valence-electron chi connectivity index (χ2n) is 7.07. The van der Waals surface area contributed by atoms with Crippen LogP contribution in [-0.4, -0.2) is 10.9 Å². The van der Waals surface area contributed by atoms with E-state index in [1.807, 2.05) is 63.2 Å². The van der Waals surface area contributed by atoms with Crippen molar-refractivity contribution in [1.82, 2.24) is 0 Å². The molecule has 0 heterocycles. The lowest BCUT2D eigenvalue weighted by atomic mass is 9.74. The van der Waals surface area contributed by atoms with Crippen molar-refractivity contribution in [3.8, 4) is 11.1 Å². The average molecular weight is 341 g/mol. The Morgan fingerprint density at radius 2 is 1.67 bits per heavy atom. The molecular weight excluding hydrogens is 320 g/mol. The summed E-state index contributed by atoms with van der Waals surface area (Å²) in [5.74, 6) is 0.221. The molecule has 24 heavy (non-hydrogen) atoms. The number of ketones is 1.